The van der Waals surface area contributed by atoms with E-state index in [0.29, 0.717) is 17.9 Å². The second-order valence-electron chi connectivity index (χ2n) is 6.97. The Hall–Kier alpha value is -1.01. The van der Waals surface area contributed by atoms with Crippen LogP contribution in [0.25, 0.3) is 0 Å². The van der Waals surface area contributed by atoms with Crippen LogP contribution in [-0.4, -0.2) is 63.2 Å². The predicted molar refractivity (Wildman–Crippen MR) is 83.9 cm³/mol. The van der Waals surface area contributed by atoms with E-state index in [1.807, 2.05) is 4.68 Å². The summed E-state index contributed by atoms with van der Waals surface area (Å²) in [5, 5.41) is 12.5. The topological polar surface area (TPSA) is 50.1 Å². The third-order valence-corrected chi connectivity index (χ3v) is 4.31. The SMILES string of the molecule is CC(C)CCn1nnnc1C(C(C)C)N1CCN(C)CC1. The van der Waals surface area contributed by atoms with Crippen LogP contribution in [0, 0.1) is 11.8 Å². The summed E-state index contributed by atoms with van der Waals surface area (Å²) in [6.45, 7) is 14.4. The Bertz CT molecular complexity index is 420. The fourth-order valence-electron chi connectivity index (χ4n) is 2.95. The molecule has 0 bridgehead atoms. The summed E-state index contributed by atoms with van der Waals surface area (Å²) in [5.74, 6) is 2.22. The van der Waals surface area contributed by atoms with Crippen LogP contribution in [0.15, 0.2) is 0 Å². The first-order valence-electron chi connectivity index (χ1n) is 8.17. The van der Waals surface area contributed by atoms with Crippen LogP contribution in [0.1, 0.15) is 46.0 Å². The molecular formula is C15H30N6. The van der Waals surface area contributed by atoms with E-state index in [1.54, 1.807) is 0 Å². The van der Waals surface area contributed by atoms with Crippen LogP contribution < -0.4 is 0 Å². The summed E-state index contributed by atoms with van der Waals surface area (Å²) in [4.78, 5) is 4.93. The first-order valence-corrected chi connectivity index (χ1v) is 8.17. The zero-order valence-corrected chi connectivity index (χ0v) is 14.2. The number of likely N-dealkylation sites (N-methyl/N-ethyl adjacent to an activating group) is 1. The molecule has 0 radical (unpaired) electrons. The first kappa shape index (κ1) is 16.4. The minimum atomic E-state index is 0.320. The Balaban J connectivity index is 2.13. The molecule has 1 aromatic heterocycles. The second kappa shape index (κ2) is 7.31. The van der Waals surface area contributed by atoms with Crippen LogP contribution in [0.3, 0.4) is 0 Å². The number of piperazine rings is 1. The van der Waals surface area contributed by atoms with Gasteiger partial charge in [0.1, 0.15) is 0 Å². The maximum absolute atomic E-state index is 4.36. The quantitative estimate of drug-likeness (QED) is 0.799. The van der Waals surface area contributed by atoms with Gasteiger partial charge in [0.05, 0.1) is 6.04 Å². The first-order chi connectivity index (χ1) is 9.99. The highest BCUT2D eigenvalue weighted by Gasteiger charge is 2.30. The van der Waals surface area contributed by atoms with E-state index in [0.717, 1.165) is 45.0 Å². The molecule has 1 aliphatic rings. The van der Waals surface area contributed by atoms with Gasteiger partial charge in [0.25, 0.3) is 0 Å². The highest BCUT2D eigenvalue weighted by molar-refractivity contribution is 4.96. The van der Waals surface area contributed by atoms with E-state index in [4.69, 9.17) is 0 Å². The molecule has 0 N–H and O–H groups in total. The van der Waals surface area contributed by atoms with Crippen molar-refractivity contribution in [2.75, 3.05) is 33.2 Å². The van der Waals surface area contributed by atoms with Gasteiger partial charge < -0.3 is 4.90 Å². The van der Waals surface area contributed by atoms with Crippen LogP contribution in [0.2, 0.25) is 0 Å². The van der Waals surface area contributed by atoms with Crippen molar-refractivity contribution in [3.63, 3.8) is 0 Å². The Morgan fingerprint density at radius 1 is 1.05 bits per heavy atom. The number of hydrogen-bond donors (Lipinski definition) is 0. The number of hydrogen-bond acceptors (Lipinski definition) is 5. The second-order valence-corrected chi connectivity index (χ2v) is 6.97. The fraction of sp³-hybridized carbons (Fsp3) is 0.933. The molecule has 1 aliphatic heterocycles. The molecule has 2 heterocycles. The number of rotatable bonds is 6. The third kappa shape index (κ3) is 4.23. The molecule has 1 aromatic rings. The van der Waals surface area contributed by atoms with Crippen molar-refractivity contribution in [1.82, 2.24) is 30.0 Å². The minimum absolute atomic E-state index is 0.320. The van der Waals surface area contributed by atoms with Crippen molar-refractivity contribution in [3.8, 4) is 0 Å². The minimum Gasteiger partial charge on any atom is -0.304 e. The molecule has 0 aliphatic carbocycles. The molecule has 0 aromatic carbocycles. The van der Waals surface area contributed by atoms with Gasteiger partial charge in [-0.2, -0.15) is 0 Å². The summed E-state index contributed by atoms with van der Waals surface area (Å²) < 4.78 is 2.02. The molecule has 1 saturated heterocycles. The molecule has 0 amide bonds. The van der Waals surface area contributed by atoms with Crippen molar-refractivity contribution in [3.05, 3.63) is 5.82 Å². The van der Waals surface area contributed by atoms with Gasteiger partial charge in [0.15, 0.2) is 5.82 Å². The van der Waals surface area contributed by atoms with E-state index in [-0.39, 0.29) is 0 Å². The lowest BCUT2D eigenvalue weighted by Gasteiger charge is -2.39. The number of aryl methyl sites for hydroxylation is 1. The van der Waals surface area contributed by atoms with E-state index in [9.17, 15) is 0 Å². The van der Waals surface area contributed by atoms with Crippen molar-refractivity contribution < 1.29 is 0 Å². The smallest absolute Gasteiger partial charge is 0.168 e. The number of aromatic nitrogens is 4. The highest BCUT2D eigenvalue weighted by Crippen LogP contribution is 2.27. The molecule has 120 valence electrons. The normalized spacial score (nSPS) is 19.6. The Kier molecular flexibility index (Phi) is 5.70. The van der Waals surface area contributed by atoms with Crippen LogP contribution in [0.5, 0.6) is 0 Å². The van der Waals surface area contributed by atoms with Gasteiger partial charge in [-0.05, 0) is 35.7 Å². The Labute approximate surface area is 128 Å². The lowest BCUT2D eigenvalue weighted by atomic mass is 10.0. The van der Waals surface area contributed by atoms with Crippen LogP contribution in [-0.2, 0) is 6.54 Å². The van der Waals surface area contributed by atoms with Gasteiger partial charge >= 0.3 is 0 Å². The van der Waals surface area contributed by atoms with Gasteiger partial charge in [-0.25, -0.2) is 4.68 Å². The zero-order chi connectivity index (χ0) is 15.4. The molecule has 0 spiro atoms. The van der Waals surface area contributed by atoms with Gasteiger partial charge in [0, 0.05) is 32.7 Å². The van der Waals surface area contributed by atoms with Crippen molar-refractivity contribution in [1.29, 1.82) is 0 Å². The third-order valence-electron chi connectivity index (χ3n) is 4.31. The average Bonchev–Trinajstić information content (AvgIpc) is 2.87. The van der Waals surface area contributed by atoms with Gasteiger partial charge in [-0.3, -0.25) is 4.90 Å². The van der Waals surface area contributed by atoms with Gasteiger partial charge in [0.2, 0.25) is 0 Å². The lowest BCUT2D eigenvalue weighted by molar-refractivity contribution is 0.0807. The average molecular weight is 294 g/mol. The highest BCUT2D eigenvalue weighted by atomic mass is 15.6. The predicted octanol–water partition coefficient (Wildman–Crippen LogP) is 1.66. The van der Waals surface area contributed by atoms with E-state index >= 15 is 0 Å². The fourth-order valence-corrected chi connectivity index (χ4v) is 2.95. The largest absolute Gasteiger partial charge is 0.304 e. The van der Waals surface area contributed by atoms with Gasteiger partial charge in [-0.15, -0.1) is 5.10 Å². The molecule has 2 rings (SSSR count). The molecule has 1 atom stereocenters. The summed E-state index contributed by atoms with van der Waals surface area (Å²) in [7, 11) is 2.19. The van der Waals surface area contributed by atoms with Gasteiger partial charge in [-0.1, -0.05) is 27.7 Å². The summed E-state index contributed by atoms with van der Waals surface area (Å²) >= 11 is 0. The molecule has 21 heavy (non-hydrogen) atoms. The molecule has 6 nitrogen and oxygen atoms in total. The van der Waals surface area contributed by atoms with Crippen molar-refractivity contribution in [2.24, 2.45) is 11.8 Å². The molecular weight excluding hydrogens is 264 g/mol. The van der Waals surface area contributed by atoms with E-state index in [2.05, 4.69) is 60.1 Å². The van der Waals surface area contributed by atoms with E-state index in [1.165, 1.54) is 0 Å². The molecule has 6 heteroatoms. The molecule has 0 saturated carbocycles. The summed E-state index contributed by atoms with van der Waals surface area (Å²) in [5.41, 5.74) is 0. The monoisotopic (exact) mass is 294 g/mol. The maximum atomic E-state index is 4.36. The Morgan fingerprint density at radius 2 is 1.71 bits per heavy atom. The van der Waals surface area contributed by atoms with Crippen LogP contribution >= 0.6 is 0 Å². The summed E-state index contributed by atoms with van der Waals surface area (Å²) in [6, 6.07) is 0.320. The number of tetrazole rings is 1. The number of nitrogens with zero attached hydrogens (tertiary/aromatic N) is 6. The summed E-state index contributed by atoms with van der Waals surface area (Å²) in [6.07, 6.45) is 1.12. The van der Waals surface area contributed by atoms with Crippen molar-refractivity contribution >= 4 is 0 Å². The zero-order valence-electron chi connectivity index (χ0n) is 14.2. The molecule has 1 fully saturated rings. The van der Waals surface area contributed by atoms with Crippen molar-refractivity contribution in [2.45, 2.75) is 46.7 Å². The van der Waals surface area contributed by atoms with E-state index < -0.39 is 0 Å². The standard InChI is InChI=1S/C15H30N6/c1-12(2)6-7-21-15(16-17-18-21)14(13(3)4)20-10-8-19(5)9-11-20/h12-14H,6-11H2,1-5H3. The molecule has 1 unspecified atom stereocenters. The van der Waals surface area contributed by atoms with Crippen LogP contribution in [0.4, 0.5) is 0 Å². The lowest BCUT2D eigenvalue weighted by Crippen LogP contribution is -2.47. The maximum Gasteiger partial charge on any atom is 0.168 e. The Morgan fingerprint density at radius 3 is 2.29 bits per heavy atom.